The Labute approximate surface area is 143 Å². The first-order chi connectivity index (χ1) is 11.0. The maximum absolute atomic E-state index is 12.5. The molecule has 0 aliphatic carbocycles. The smallest absolute Gasteiger partial charge is 0.227 e. The van der Waals surface area contributed by atoms with E-state index in [-0.39, 0.29) is 18.2 Å². The minimum Gasteiger partial charge on any atom is -0.341 e. The van der Waals surface area contributed by atoms with Crippen LogP contribution >= 0.6 is 22.7 Å². The van der Waals surface area contributed by atoms with Crippen molar-refractivity contribution >= 4 is 38.4 Å². The molecule has 23 heavy (non-hydrogen) atoms. The maximum atomic E-state index is 12.5. The minimum atomic E-state index is -3.21. The van der Waals surface area contributed by atoms with Gasteiger partial charge in [-0.25, -0.2) is 13.4 Å². The first-order valence-corrected chi connectivity index (χ1v) is 10.8. The number of carbonyl (C=O) groups is 1. The molecule has 1 fully saturated rings. The molecule has 0 aromatic carbocycles. The molecule has 3 rings (SSSR count). The molecular weight excluding hydrogens is 352 g/mol. The number of hydrogen-bond acceptors (Lipinski definition) is 6. The monoisotopic (exact) mass is 370 g/mol. The van der Waals surface area contributed by atoms with Crippen molar-refractivity contribution in [1.82, 2.24) is 9.88 Å². The lowest BCUT2D eigenvalue weighted by Crippen LogP contribution is -2.34. The van der Waals surface area contributed by atoms with Gasteiger partial charge < -0.3 is 4.90 Å². The zero-order valence-electron chi connectivity index (χ0n) is 12.8. The Morgan fingerprint density at radius 2 is 2.26 bits per heavy atom. The fourth-order valence-corrected chi connectivity index (χ4v) is 6.53. The van der Waals surface area contributed by atoms with Crippen molar-refractivity contribution in [1.29, 1.82) is 0 Å². The summed E-state index contributed by atoms with van der Waals surface area (Å²) in [6.07, 6.45) is 2.49. The number of thiazole rings is 1. The molecule has 2 aromatic heterocycles. The van der Waals surface area contributed by atoms with Crippen LogP contribution in [0.1, 0.15) is 26.4 Å². The molecule has 0 N–H and O–H groups in total. The third-order valence-electron chi connectivity index (χ3n) is 3.95. The van der Waals surface area contributed by atoms with Gasteiger partial charge in [-0.1, -0.05) is 6.07 Å². The molecule has 1 saturated heterocycles. The van der Waals surface area contributed by atoms with Crippen molar-refractivity contribution in [2.75, 3.05) is 18.8 Å². The van der Waals surface area contributed by atoms with Crippen molar-refractivity contribution in [2.24, 2.45) is 0 Å². The Kier molecular flexibility index (Phi) is 4.84. The van der Waals surface area contributed by atoms with E-state index < -0.39 is 15.1 Å². The summed E-state index contributed by atoms with van der Waals surface area (Å²) in [4.78, 5) is 20.1. The molecule has 1 aliphatic heterocycles. The lowest BCUT2D eigenvalue weighted by molar-refractivity contribution is -0.130. The molecular formula is C15H18N2O3S3. The Hall–Kier alpha value is -1.25. The summed E-state index contributed by atoms with van der Waals surface area (Å²) < 4.78 is 25.0. The number of sulfone groups is 1. The van der Waals surface area contributed by atoms with Gasteiger partial charge in [-0.2, -0.15) is 0 Å². The van der Waals surface area contributed by atoms with Crippen molar-refractivity contribution in [2.45, 2.75) is 25.0 Å². The molecule has 0 saturated carbocycles. The number of nitrogens with zero attached hydrogens (tertiary/aromatic N) is 2. The van der Waals surface area contributed by atoms with Gasteiger partial charge in [0.15, 0.2) is 9.84 Å². The van der Waals surface area contributed by atoms with Crippen LogP contribution in [0, 0.1) is 6.92 Å². The van der Waals surface area contributed by atoms with Gasteiger partial charge >= 0.3 is 0 Å². The predicted molar refractivity (Wildman–Crippen MR) is 92.6 cm³/mol. The van der Waals surface area contributed by atoms with Gasteiger partial charge in [0, 0.05) is 29.0 Å². The van der Waals surface area contributed by atoms with E-state index in [2.05, 4.69) is 4.98 Å². The normalized spacial score (nSPS) is 21.1. The molecule has 0 spiro atoms. The van der Waals surface area contributed by atoms with Crippen LogP contribution in [-0.4, -0.2) is 43.1 Å². The van der Waals surface area contributed by atoms with Crippen LogP contribution in [0.4, 0.5) is 0 Å². The van der Waals surface area contributed by atoms with Crippen molar-refractivity contribution in [3.63, 3.8) is 0 Å². The molecule has 5 nitrogen and oxygen atoms in total. The van der Waals surface area contributed by atoms with Crippen molar-refractivity contribution < 1.29 is 13.2 Å². The van der Waals surface area contributed by atoms with Crippen LogP contribution in [0.5, 0.6) is 0 Å². The summed E-state index contributed by atoms with van der Waals surface area (Å²) in [6.45, 7) is 2.67. The van der Waals surface area contributed by atoms with E-state index >= 15 is 0 Å². The van der Waals surface area contributed by atoms with Crippen molar-refractivity contribution in [3.05, 3.63) is 38.5 Å². The van der Waals surface area contributed by atoms with Gasteiger partial charge in [0.05, 0.1) is 22.4 Å². The Morgan fingerprint density at radius 1 is 1.43 bits per heavy atom. The largest absolute Gasteiger partial charge is 0.341 e. The summed E-state index contributed by atoms with van der Waals surface area (Å²) in [6, 6.07) is 3.74. The average molecular weight is 371 g/mol. The third-order valence-corrected chi connectivity index (χ3v) is 8.10. The highest BCUT2D eigenvalue weighted by molar-refractivity contribution is 7.91. The number of aryl methyl sites for hydroxylation is 1. The van der Waals surface area contributed by atoms with Gasteiger partial charge in [-0.15, -0.1) is 22.7 Å². The molecule has 1 amide bonds. The molecule has 3 heterocycles. The van der Waals surface area contributed by atoms with Crippen LogP contribution in [0.3, 0.4) is 0 Å². The third kappa shape index (κ3) is 3.81. The molecule has 8 heteroatoms. The summed E-state index contributed by atoms with van der Waals surface area (Å²) in [5, 5.41) is 2.35. The number of amides is 1. The average Bonchev–Trinajstić information content (AvgIpc) is 3.11. The summed E-state index contributed by atoms with van der Waals surface area (Å²) in [7, 11) is -3.21. The van der Waals surface area contributed by atoms with Crippen LogP contribution in [0.25, 0.3) is 0 Å². The van der Waals surface area contributed by atoms with Gasteiger partial charge in [0.2, 0.25) is 5.91 Å². The highest BCUT2D eigenvalue weighted by Crippen LogP contribution is 2.32. The molecule has 0 radical (unpaired) electrons. The fourth-order valence-electron chi connectivity index (χ4n) is 2.74. The Balaban J connectivity index is 1.71. The van der Waals surface area contributed by atoms with E-state index in [0.29, 0.717) is 19.4 Å². The first kappa shape index (κ1) is 16.6. The van der Waals surface area contributed by atoms with E-state index in [1.54, 1.807) is 11.1 Å². The molecule has 1 unspecified atom stereocenters. The second kappa shape index (κ2) is 6.70. The fraction of sp³-hybridized carbons (Fsp3) is 0.467. The lowest BCUT2D eigenvalue weighted by atomic mass is 10.2. The standard InChI is InChI=1S/C15H18N2O3S3/c1-11-16-10-12(22-11)9-15(18)17-5-4-14(13-3-2-7-21-13)23(19,20)8-6-17/h2-3,7,10,14H,4-6,8-9H2,1H3. The molecule has 2 aromatic rings. The summed E-state index contributed by atoms with van der Waals surface area (Å²) in [5.41, 5.74) is 0. The zero-order chi connectivity index (χ0) is 16.4. The van der Waals surface area contributed by atoms with E-state index in [1.807, 2.05) is 24.4 Å². The van der Waals surface area contributed by atoms with E-state index in [9.17, 15) is 13.2 Å². The summed E-state index contributed by atoms with van der Waals surface area (Å²) >= 11 is 2.98. The van der Waals surface area contributed by atoms with Crippen molar-refractivity contribution in [3.8, 4) is 0 Å². The van der Waals surface area contributed by atoms with Gasteiger partial charge in [-0.05, 0) is 24.8 Å². The maximum Gasteiger partial charge on any atom is 0.227 e. The van der Waals surface area contributed by atoms with Crippen LogP contribution in [-0.2, 0) is 21.1 Å². The van der Waals surface area contributed by atoms with Crippen LogP contribution < -0.4 is 0 Å². The summed E-state index contributed by atoms with van der Waals surface area (Å²) in [5.74, 6) is 0.0129. The SMILES string of the molecule is Cc1ncc(CC(=O)N2CCC(c3cccs3)S(=O)(=O)CC2)s1. The minimum absolute atomic E-state index is 0.0179. The molecule has 0 bridgehead atoms. The Bertz CT molecular complexity index is 781. The molecule has 1 aliphatic rings. The Morgan fingerprint density at radius 3 is 2.91 bits per heavy atom. The predicted octanol–water partition coefficient (Wildman–Crippen LogP) is 2.44. The topological polar surface area (TPSA) is 67.3 Å². The van der Waals surface area contributed by atoms with E-state index in [4.69, 9.17) is 0 Å². The van der Waals surface area contributed by atoms with E-state index in [0.717, 1.165) is 14.8 Å². The number of aromatic nitrogens is 1. The number of rotatable bonds is 3. The highest BCUT2D eigenvalue weighted by Gasteiger charge is 2.33. The zero-order valence-corrected chi connectivity index (χ0v) is 15.2. The lowest BCUT2D eigenvalue weighted by Gasteiger charge is -2.19. The van der Waals surface area contributed by atoms with Gasteiger partial charge in [0.25, 0.3) is 0 Å². The first-order valence-electron chi connectivity index (χ1n) is 7.40. The van der Waals surface area contributed by atoms with Crippen LogP contribution in [0.15, 0.2) is 23.7 Å². The molecule has 1 atom stereocenters. The van der Waals surface area contributed by atoms with Gasteiger partial charge in [0.1, 0.15) is 0 Å². The molecule has 124 valence electrons. The number of hydrogen-bond donors (Lipinski definition) is 0. The number of thiophene rings is 1. The second-order valence-corrected chi connectivity index (χ2v) is 10.2. The van der Waals surface area contributed by atoms with E-state index in [1.165, 1.54) is 22.7 Å². The second-order valence-electron chi connectivity index (χ2n) is 5.56. The quantitative estimate of drug-likeness (QED) is 0.832. The highest BCUT2D eigenvalue weighted by atomic mass is 32.2. The number of carbonyl (C=O) groups excluding carboxylic acids is 1. The van der Waals surface area contributed by atoms with Crippen LogP contribution in [0.2, 0.25) is 0 Å². The van der Waals surface area contributed by atoms with Gasteiger partial charge in [-0.3, -0.25) is 4.79 Å².